The number of piperidine rings is 6. The second-order valence-corrected chi connectivity index (χ2v) is 29.6. The number of ketones is 2. The van der Waals surface area contributed by atoms with Gasteiger partial charge in [0.1, 0.15) is 28.4 Å². The van der Waals surface area contributed by atoms with Gasteiger partial charge in [-0.3, -0.25) is 24.3 Å². The molecule has 0 bridgehead atoms. The Morgan fingerprint density at radius 2 is 0.893 bits per heavy atom. The van der Waals surface area contributed by atoms with Gasteiger partial charge in [0, 0.05) is 182 Å². The van der Waals surface area contributed by atoms with Gasteiger partial charge in [-0.05, 0) is 104 Å². The number of ether oxygens (including phenoxy) is 6. The van der Waals surface area contributed by atoms with Crippen LogP contribution >= 0.6 is 51.5 Å². The maximum absolute atomic E-state index is 12.2. The van der Waals surface area contributed by atoms with Crippen LogP contribution in [-0.2, 0) is 67.9 Å². The zero-order valence-corrected chi connectivity index (χ0v) is 68.8. The minimum Gasteiger partial charge on any atom is -0.478 e. The second-order valence-electron chi connectivity index (χ2n) is 27.8. The topological polar surface area (TPSA) is 257 Å². The number of carbonyl (C=O) groups excluding carboxylic acids is 8. The number of nitrogens with zero attached hydrogens (tertiary/aromatic N) is 5. The normalized spacial score (nSPS) is 18.4. The van der Waals surface area contributed by atoms with Gasteiger partial charge in [-0.1, -0.05) is 152 Å². The third-order valence-electron chi connectivity index (χ3n) is 20.4. The van der Waals surface area contributed by atoms with Crippen molar-refractivity contribution in [3.8, 4) is 0 Å². The molecule has 2 amide bonds. The Bertz CT molecular complexity index is 3980. The Morgan fingerprint density at radius 1 is 0.536 bits per heavy atom. The Balaban J connectivity index is 0.000000208. The van der Waals surface area contributed by atoms with Gasteiger partial charge in [-0.25, -0.2) is 33.6 Å². The van der Waals surface area contributed by atoms with Crippen LogP contribution in [0.1, 0.15) is 187 Å². The molecule has 3 spiro atoms. The summed E-state index contributed by atoms with van der Waals surface area (Å²) in [5.74, 6) is -0.770. The number of fused-ring (bicyclic) bond motifs is 6. The third kappa shape index (κ3) is 27.3. The van der Waals surface area contributed by atoms with Crippen LogP contribution in [0.3, 0.4) is 0 Å². The van der Waals surface area contributed by atoms with E-state index in [1.165, 1.54) is 24.5 Å². The van der Waals surface area contributed by atoms with Crippen LogP contribution in [-0.4, -0.2) is 186 Å². The number of amides is 2. The van der Waals surface area contributed by atoms with Crippen LogP contribution < -0.4 is 24.2 Å². The summed E-state index contributed by atoms with van der Waals surface area (Å²) in [5.41, 5.74) is 5.74. The van der Waals surface area contributed by atoms with Crippen molar-refractivity contribution in [1.82, 2.24) is 29.8 Å². The molecule has 0 aromatic heterocycles. The van der Waals surface area contributed by atoms with Crippen molar-refractivity contribution in [1.29, 1.82) is 0 Å². The number of alkyl halides is 1. The number of unbranched alkanes of at least 4 members (excludes halogenated alkanes) is 1. The molecule has 0 aliphatic carbocycles. The zero-order chi connectivity index (χ0) is 79.1. The predicted octanol–water partition coefficient (Wildman–Crippen LogP) is 13.4. The molecule has 0 saturated carbocycles. The molecule has 9 aliphatic heterocycles. The van der Waals surface area contributed by atoms with Gasteiger partial charge in [0.05, 0.1) is 35.5 Å². The van der Waals surface area contributed by atoms with Crippen LogP contribution in [0.4, 0.5) is 14.4 Å². The molecule has 15 rings (SSSR count). The van der Waals surface area contributed by atoms with Crippen molar-refractivity contribution in [3.63, 3.8) is 0 Å². The van der Waals surface area contributed by atoms with Crippen molar-refractivity contribution in [2.45, 2.75) is 159 Å². The number of hydrogen-bond donors (Lipinski definition) is 2. The second kappa shape index (κ2) is 47.3. The zero-order valence-electron chi connectivity index (χ0n) is 64.9. The smallest absolute Gasteiger partial charge is 0.478 e. The summed E-state index contributed by atoms with van der Waals surface area (Å²) in [5, 5.41) is 11.8. The molecular formula is C85H105BrCl3LiN6O16. The Morgan fingerprint density at radius 3 is 1.26 bits per heavy atom. The quantitative estimate of drug-likeness (QED) is 0.0323. The molecular weight excluding hydrogens is 1550 g/mol. The molecule has 6 aromatic rings. The first-order valence-corrected chi connectivity index (χ1v) is 39.8. The number of esters is 3. The minimum absolute atomic E-state index is 0. The van der Waals surface area contributed by atoms with Gasteiger partial charge in [0.25, 0.3) is 0 Å². The number of carbonyl (C=O) groups is 9. The summed E-state index contributed by atoms with van der Waals surface area (Å²) in [7, 11) is 0. The number of halogens is 4. The van der Waals surface area contributed by atoms with E-state index in [9.17, 15) is 43.2 Å². The number of nitrogens with one attached hydrogen (secondary N) is 1. The van der Waals surface area contributed by atoms with E-state index in [4.69, 9.17) is 52.0 Å². The summed E-state index contributed by atoms with van der Waals surface area (Å²) in [6.45, 7) is 23.6. The molecule has 9 aliphatic rings. The van der Waals surface area contributed by atoms with Crippen LogP contribution in [0.5, 0.6) is 0 Å². The van der Waals surface area contributed by atoms with E-state index in [0.29, 0.717) is 61.0 Å². The molecule has 1 unspecified atom stereocenters. The fourth-order valence-electron chi connectivity index (χ4n) is 14.5. The van der Waals surface area contributed by atoms with Gasteiger partial charge in [-0.2, -0.15) is 6.42 Å². The van der Waals surface area contributed by atoms with Crippen molar-refractivity contribution in [3.05, 3.63) is 219 Å². The summed E-state index contributed by atoms with van der Waals surface area (Å²) >= 11 is 13.0. The van der Waals surface area contributed by atoms with E-state index in [1.54, 1.807) is 41.0 Å². The van der Waals surface area contributed by atoms with Crippen molar-refractivity contribution in [2.75, 3.05) is 91.8 Å². The minimum atomic E-state index is -0.910. The number of carboxylic acid groups (broad SMARTS) is 1. The number of aromatic carboxylic acids is 1. The van der Waals surface area contributed by atoms with Crippen molar-refractivity contribution < 1.29 is 95.5 Å². The molecule has 112 heavy (non-hydrogen) atoms. The first kappa shape index (κ1) is 93.2. The van der Waals surface area contributed by atoms with Gasteiger partial charge >= 0.3 is 60.4 Å². The number of rotatable bonds is 10. The van der Waals surface area contributed by atoms with Crippen LogP contribution in [0.15, 0.2) is 162 Å². The number of Topliss-reactive ketones (excluding diaryl/α,β-unsaturated/α-hetero) is 2. The summed E-state index contributed by atoms with van der Waals surface area (Å²) in [4.78, 5) is 112. The monoisotopic (exact) mass is 1660 g/mol. The van der Waals surface area contributed by atoms with Gasteiger partial charge in [-0.15, -0.1) is 12.4 Å². The maximum atomic E-state index is 12.2. The van der Waals surface area contributed by atoms with Gasteiger partial charge < -0.3 is 55.6 Å². The summed E-state index contributed by atoms with van der Waals surface area (Å²) in [6.07, 6.45) is 11.3. The number of carboxylic acids is 1. The van der Waals surface area contributed by atoms with Gasteiger partial charge in [0.2, 0.25) is 0 Å². The van der Waals surface area contributed by atoms with E-state index in [-0.39, 0.29) is 78.3 Å². The third-order valence-corrected chi connectivity index (χ3v) is 21.3. The molecule has 6 aromatic carbocycles. The molecule has 0 radical (unpaired) electrons. The van der Waals surface area contributed by atoms with E-state index in [0.717, 1.165) is 183 Å². The summed E-state index contributed by atoms with van der Waals surface area (Å²) in [6, 6.07) is 51.5. The average Bonchev–Trinajstić information content (AvgIpc) is 1.61. The van der Waals surface area contributed by atoms with E-state index in [1.807, 2.05) is 91.9 Å². The SMILES string of the molecule is CC(Cl)OC(=O)Cl.CCOC(=O)N1CCC(=O)CC1.CCOC(=O)N1CCC(N2CCC3(CC2)OC(=O)c2ccccc23)CC1.Cl.O=C(O)c1ccccc1Br.O=C1CCN(Cc2ccccc2)CC1.O=C1OC2(CCN(Cc3ccccc3)CC2)c2ccccc21.O=C1OC2(CCNCC2)c2ccccc21.[CH2-]CCC.[Li+]. The molecule has 6 fully saturated rings. The first-order chi connectivity index (χ1) is 53.0. The van der Waals surface area contributed by atoms with Crippen LogP contribution in [0, 0.1) is 6.92 Å². The molecule has 6 saturated heterocycles. The van der Waals surface area contributed by atoms with E-state index < -0.39 is 22.6 Å². The summed E-state index contributed by atoms with van der Waals surface area (Å²) < 4.78 is 31.9. The number of likely N-dealkylation sites (tertiary alicyclic amines) is 5. The maximum Gasteiger partial charge on any atom is 1.00 e. The average molecular weight is 1660 g/mol. The van der Waals surface area contributed by atoms with E-state index in [2.05, 4.69) is 103 Å². The molecule has 27 heteroatoms. The number of benzene rings is 6. The fraction of sp³-hybridized carbons (Fsp3) is 0.459. The molecule has 2 N–H and O–H groups in total. The first-order valence-electron chi connectivity index (χ1n) is 38.2. The molecule has 9 heterocycles. The van der Waals surface area contributed by atoms with Crippen LogP contribution in [0.25, 0.3) is 0 Å². The predicted molar refractivity (Wildman–Crippen MR) is 431 cm³/mol. The van der Waals surface area contributed by atoms with Gasteiger partial charge in [0.15, 0.2) is 5.56 Å². The Labute approximate surface area is 695 Å². The number of hydrogen-bond acceptors (Lipinski definition) is 19. The van der Waals surface area contributed by atoms with Crippen molar-refractivity contribution >= 4 is 105 Å². The Hall–Kier alpha value is -7.66. The van der Waals surface area contributed by atoms with Crippen molar-refractivity contribution in [2.24, 2.45) is 0 Å². The molecule has 600 valence electrons. The molecule has 22 nitrogen and oxygen atoms in total. The largest absolute Gasteiger partial charge is 1.00 e. The van der Waals surface area contributed by atoms with Crippen LogP contribution in [0.2, 0.25) is 0 Å². The Kier molecular flexibility index (Phi) is 39.3. The molecule has 1 atom stereocenters. The van der Waals surface area contributed by atoms with E-state index >= 15 is 0 Å². The standard InChI is InChI=1S/C20H26N2O4.C19H19NO2.C12H13NO2.C12H15NO.C8H13NO3.C7H5BrO2.C4H9.C3H4Cl2O2.ClH.Li/c1-2-25-19(24)22-11-7-15(8-12-22)21-13-9-20(10-14-21)17-6-4-3-5-16(17)18(23)26-20;21-18-16-8-4-5-9-17(16)19(22-18)10-12-20(13-11-19)14-15-6-2-1-3-7-15;14-11-9-3-1-2-4-10(9)12(15-11)5-7-13-8-6-12;14-12-6-8-13(9-7-12)10-11-4-2-1-3-5-11;1-2-12-8(11)9-5-3-7(10)4-6-9;8-6-4-2-1-3-5(6)7(9)10;1-3-4-2;1-2(4)7-3(5)6;;/h3-6,15H,2,7-14H2,1H3;1-9H,10-14H2;1-4,13H,5-8H2;1-5H,6-10H2;2-6H2,1H3;1-4H,(H,9,10);1,3-4H2,2H3;2H,1H3;1H;/q;;;;;;-1;;;+1. The fourth-order valence-corrected chi connectivity index (χ4v) is 15.2.